The van der Waals surface area contributed by atoms with E-state index in [9.17, 15) is 9.69 Å². The molecule has 21 heavy (non-hydrogen) atoms. The molecule has 0 aliphatic carbocycles. The van der Waals surface area contributed by atoms with E-state index in [1.165, 1.54) is 13.2 Å². The highest BCUT2D eigenvalue weighted by molar-refractivity contribution is 7.64. The van der Waals surface area contributed by atoms with Gasteiger partial charge in [-0.2, -0.15) is 4.52 Å². The van der Waals surface area contributed by atoms with Crippen molar-refractivity contribution in [3.63, 3.8) is 0 Å². The number of allylic oxidation sites excluding steroid dienone is 1. The fourth-order valence-electron chi connectivity index (χ4n) is 2.31. The summed E-state index contributed by atoms with van der Waals surface area (Å²) in [5.74, 6) is -0.453. The summed E-state index contributed by atoms with van der Waals surface area (Å²) < 4.78 is 15.7. The van der Waals surface area contributed by atoms with Gasteiger partial charge in [0.05, 0.1) is 13.7 Å². The van der Waals surface area contributed by atoms with E-state index in [1.54, 1.807) is 13.0 Å². The van der Waals surface area contributed by atoms with Gasteiger partial charge < -0.3 is 9.63 Å². The van der Waals surface area contributed by atoms with Crippen molar-refractivity contribution in [2.75, 3.05) is 13.7 Å². The normalized spacial score (nSPS) is 24.9. The summed E-state index contributed by atoms with van der Waals surface area (Å²) in [7, 11) is -1.96. The lowest BCUT2D eigenvalue weighted by molar-refractivity contribution is -0.219. The Kier molecular flexibility index (Phi) is 6.54. The smallest absolute Gasteiger partial charge is 0.330 e. The van der Waals surface area contributed by atoms with Crippen LogP contribution < -0.4 is 4.89 Å². The Labute approximate surface area is 127 Å². The highest BCUT2D eigenvalue weighted by atomic mass is 31.2. The quantitative estimate of drug-likeness (QED) is 0.410. The van der Waals surface area contributed by atoms with Crippen LogP contribution in [0.2, 0.25) is 0 Å². The van der Waals surface area contributed by atoms with Crippen molar-refractivity contribution in [1.82, 2.24) is 0 Å². The topological polar surface area (TPSA) is 67.8 Å². The molecular formula is C15H25O5P. The van der Waals surface area contributed by atoms with E-state index in [0.717, 1.165) is 18.4 Å². The van der Waals surface area contributed by atoms with Crippen LogP contribution in [0.15, 0.2) is 23.0 Å². The lowest BCUT2D eigenvalue weighted by atomic mass is 9.96. The zero-order chi connectivity index (χ0) is 16.1. The number of hydrogen-bond donors (Lipinski definition) is 0. The van der Waals surface area contributed by atoms with Gasteiger partial charge in [0, 0.05) is 18.1 Å². The van der Waals surface area contributed by atoms with E-state index < -0.39 is 19.5 Å². The van der Waals surface area contributed by atoms with Crippen molar-refractivity contribution >= 4 is 13.9 Å². The summed E-state index contributed by atoms with van der Waals surface area (Å²) in [6, 6.07) is 0. The Morgan fingerprint density at radius 2 is 2.10 bits per heavy atom. The van der Waals surface area contributed by atoms with Crippen molar-refractivity contribution in [3.05, 3.63) is 23.0 Å². The first-order valence-corrected chi connectivity index (χ1v) is 8.80. The Morgan fingerprint density at radius 3 is 2.62 bits per heavy atom. The molecule has 0 spiro atoms. The fraction of sp³-hybridized carbons (Fsp3) is 0.667. The maximum absolute atomic E-state index is 12.9. The minimum absolute atomic E-state index is 0.316. The van der Waals surface area contributed by atoms with Gasteiger partial charge in [-0.05, 0) is 33.3 Å². The number of ether oxygens (including phenoxy) is 1. The Bertz CT molecular complexity index is 441. The maximum atomic E-state index is 12.9. The van der Waals surface area contributed by atoms with Crippen LogP contribution in [0, 0.1) is 0 Å². The molecule has 0 aromatic heterocycles. The average Bonchev–Trinajstić information content (AvgIpc) is 2.59. The van der Waals surface area contributed by atoms with E-state index in [4.69, 9.17) is 9.05 Å². The van der Waals surface area contributed by atoms with Crippen LogP contribution in [0.4, 0.5) is 0 Å². The Hall–Kier alpha value is -0.740. The summed E-state index contributed by atoms with van der Waals surface area (Å²) in [6.45, 7) is 7.83. The molecule has 5 nitrogen and oxygen atoms in total. The molecule has 1 atom stereocenters. The first kappa shape index (κ1) is 18.3. The van der Waals surface area contributed by atoms with Crippen LogP contribution in [0.5, 0.6) is 0 Å². The molecular weight excluding hydrogens is 291 g/mol. The third-order valence-corrected chi connectivity index (χ3v) is 5.71. The van der Waals surface area contributed by atoms with Crippen molar-refractivity contribution < 1.29 is 23.5 Å². The second kappa shape index (κ2) is 7.50. The second-order valence-electron chi connectivity index (χ2n) is 5.34. The van der Waals surface area contributed by atoms with Crippen LogP contribution in [0.3, 0.4) is 0 Å². The molecule has 0 N–H and O–H groups in total. The number of unbranched alkanes of at least 4 members (excludes halogenated alkanes) is 1. The molecule has 0 fully saturated rings. The van der Waals surface area contributed by atoms with Crippen molar-refractivity contribution in [1.29, 1.82) is 0 Å². The van der Waals surface area contributed by atoms with Gasteiger partial charge in [-0.15, -0.1) is 0 Å². The molecule has 0 amide bonds. The summed E-state index contributed by atoms with van der Waals surface area (Å²) in [6.07, 6.45) is 5.47. The van der Waals surface area contributed by atoms with Gasteiger partial charge in [-0.3, -0.25) is 0 Å². The van der Waals surface area contributed by atoms with Gasteiger partial charge in [-0.1, -0.05) is 13.3 Å². The molecule has 1 aliphatic heterocycles. The number of carbonyl (C=O) groups excluding carboxylic acids is 1. The van der Waals surface area contributed by atoms with Crippen molar-refractivity contribution in [2.45, 2.75) is 52.6 Å². The van der Waals surface area contributed by atoms with E-state index in [1.807, 2.05) is 13.8 Å². The second-order valence-corrected chi connectivity index (χ2v) is 7.31. The molecule has 0 bridgehead atoms. The summed E-state index contributed by atoms with van der Waals surface area (Å²) in [4.78, 5) is 24.3. The molecule has 1 rings (SSSR count). The summed E-state index contributed by atoms with van der Waals surface area (Å²) >= 11 is 0. The first-order valence-electron chi connectivity index (χ1n) is 7.26. The summed E-state index contributed by atoms with van der Waals surface area (Å²) in [5, 5.41) is 0.677. The number of rotatable bonds is 7. The van der Waals surface area contributed by atoms with Crippen molar-refractivity contribution in [2.24, 2.45) is 0 Å². The Morgan fingerprint density at radius 1 is 1.43 bits per heavy atom. The minimum atomic E-state index is -3.28. The lowest BCUT2D eigenvalue weighted by Gasteiger charge is -2.27. The molecule has 1 heterocycles. The van der Waals surface area contributed by atoms with Crippen LogP contribution in [0.25, 0.3) is 0 Å². The standard InChI is InChI=1S/C15H25O5P/c1-6-8-9-13-12(10-11-14(16)18-5)15(3,4)20-21(13,17)19-7-2/h10-11H,6-9H2,1-5H3/b11-10+. The number of carbonyl (C=O) groups is 1. The van der Waals surface area contributed by atoms with Crippen LogP contribution in [-0.2, 0) is 18.6 Å². The van der Waals surface area contributed by atoms with Gasteiger partial charge in [-0.25, -0.2) is 9.32 Å². The molecule has 6 heteroatoms. The average molecular weight is 316 g/mol. The first-order chi connectivity index (χ1) is 9.80. The van der Waals surface area contributed by atoms with Gasteiger partial charge in [0.25, 0.3) is 7.94 Å². The van der Waals surface area contributed by atoms with Gasteiger partial charge >= 0.3 is 5.97 Å². The van der Waals surface area contributed by atoms with Gasteiger partial charge in [0.2, 0.25) is 0 Å². The predicted molar refractivity (Wildman–Crippen MR) is 81.4 cm³/mol. The van der Waals surface area contributed by atoms with Gasteiger partial charge in [0.15, 0.2) is 0 Å². The van der Waals surface area contributed by atoms with E-state index in [2.05, 4.69) is 11.7 Å². The summed E-state index contributed by atoms with van der Waals surface area (Å²) in [5.41, 5.74) is -0.00342. The number of esters is 1. The van der Waals surface area contributed by atoms with E-state index >= 15 is 0 Å². The molecule has 1 aliphatic rings. The Balaban J connectivity index is 3.22. The highest BCUT2D eigenvalue weighted by Gasteiger charge is 2.52. The number of methoxy groups -OCH3 is 1. The largest absolute Gasteiger partial charge is 0.627 e. The molecule has 1 unspecified atom stereocenters. The molecule has 0 saturated heterocycles. The molecule has 0 radical (unpaired) electrons. The fourth-order valence-corrected chi connectivity index (χ4v) is 4.73. The van der Waals surface area contributed by atoms with E-state index in [0.29, 0.717) is 18.3 Å². The zero-order valence-electron chi connectivity index (χ0n) is 13.5. The van der Waals surface area contributed by atoms with Crippen LogP contribution in [-0.4, -0.2) is 25.3 Å². The van der Waals surface area contributed by atoms with Crippen LogP contribution >= 0.6 is 7.94 Å². The monoisotopic (exact) mass is 316 g/mol. The SMILES string of the molecule is CCCCC1=C(/C=C/C(=O)OC)C(C)(C)O[P+]1([O-])OCC. The van der Waals surface area contributed by atoms with Crippen LogP contribution in [0.1, 0.15) is 47.0 Å². The molecule has 0 aromatic rings. The molecule has 0 aromatic carbocycles. The highest BCUT2D eigenvalue weighted by Crippen LogP contribution is 2.70. The zero-order valence-corrected chi connectivity index (χ0v) is 14.4. The molecule has 0 saturated carbocycles. The third kappa shape index (κ3) is 4.36. The third-order valence-electron chi connectivity index (χ3n) is 3.29. The molecule has 120 valence electrons. The maximum Gasteiger partial charge on any atom is 0.330 e. The van der Waals surface area contributed by atoms with Crippen molar-refractivity contribution in [3.8, 4) is 0 Å². The van der Waals surface area contributed by atoms with E-state index in [-0.39, 0.29) is 0 Å². The van der Waals surface area contributed by atoms with Gasteiger partial charge in [0.1, 0.15) is 10.9 Å². The lowest BCUT2D eigenvalue weighted by Crippen LogP contribution is -2.24. The predicted octanol–water partition coefficient (Wildman–Crippen LogP) is 3.13. The minimum Gasteiger partial charge on any atom is -0.627 e. The number of hydrogen-bond acceptors (Lipinski definition) is 5.